The van der Waals surface area contributed by atoms with Gasteiger partial charge < -0.3 is 10.8 Å². The maximum absolute atomic E-state index is 9.51. The van der Waals surface area contributed by atoms with E-state index >= 15 is 0 Å². The number of fused-ring (bicyclic) bond motifs is 1. The fourth-order valence-electron chi connectivity index (χ4n) is 2.04. The molecule has 0 fully saturated rings. The third-order valence-electron chi connectivity index (χ3n) is 2.97. The number of aliphatic hydroxyl groups is 1. The van der Waals surface area contributed by atoms with Crippen molar-refractivity contribution in [1.29, 1.82) is 0 Å². The first-order chi connectivity index (χ1) is 7.20. The number of β-amino-alcohol motifs (C(OH)–C–C–N with tert-alkyl or cyclic N) is 1. The first kappa shape index (κ1) is 11.1. The van der Waals surface area contributed by atoms with E-state index in [2.05, 4.69) is 17.2 Å². The van der Waals surface area contributed by atoms with Gasteiger partial charge in [0.1, 0.15) is 0 Å². The zero-order chi connectivity index (χ0) is 10.8. The monoisotopic (exact) mass is 226 g/mol. The molecule has 0 bridgehead atoms. The molecule has 3 N–H and O–H groups in total. The second-order valence-electron chi connectivity index (χ2n) is 4.20. The van der Waals surface area contributed by atoms with Gasteiger partial charge in [-0.1, -0.05) is 0 Å². The van der Waals surface area contributed by atoms with E-state index < -0.39 is 0 Å². The smallest absolute Gasteiger partial charge is 0.0789 e. The van der Waals surface area contributed by atoms with Gasteiger partial charge in [0.25, 0.3) is 0 Å². The lowest BCUT2D eigenvalue weighted by atomic mass is 10.1. The van der Waals surface area contributed by atoms with Crippen molar-refractivity contribution in [2.45, 2.75) is 26.0 Å². The summed E-state index contributed by atoms with van der Waals surface area (Å²) in [6.45, 7) is 5.24. The van der Waals surface area contributed by atoms with E-state index in [0.29, 0.717) is 13.1 Å². The molecule has 2 rings (SSSR count). The number of thiophene rings is 1. The van der Waals surface area contributed by atoms with E-state index in [-0.39, 0.29) is 6.10 Å². The molecule has 0 spiro atoms. The number of nitrogens with two attached hydrogens (primary N) is 1. The molecule has 0 amide bonds. The van der Waals surface area contributed by atoms with Gasteiger partial charge >= 0.3 is 0 Å². The van der Waals surface area contributed by atoms with E-state index in [1.54, 1.807) is 0 Å². The molecule has 0 saturated heterocycles. The Labute approximate surface area is 94.5 Å². The van der Waals surface area contributed by atoms with Crippen molar-refractivity contribution < 1.29 is 5.11 Å². The minimum atomic E-state index is -0.384. The molecule has 1 aliphatic heterocycles. The van der Waals surface area contributed by atoms with E-state index in [1.165, 1.54) is 16.0 Å². The quantitative estimate of drug-likeness (QED) is 0.799. The Balaban J connectivity index is 2.01. The van der Waals surface area contributed by atoms with E-state index in [1.807, 2.05) is 11.3 Å². The maximum atomic E-state index is 9.51. The van der Waals surface area contributed by atoms with Gasteiger partial charge in [-0.2, -0.15) is 0 Å². The van der Waals surface area contributed by atoms with Crippen LogP contribution in [0.4, 0.5) is 0 Å². The predicted octanol–water partition coefficient (Wildman–Crippen LogP) is 0.734. The van der Waals surface area contributed by atoms with Crippen LogP contribution in [-0.4, -0.2) is 35.7 Å². The molecule has 3 nitrogen and oxygen atoms in total. The zero-order valence-electron chi connectivity index (χ0n) is 9.07. The Morgan fingerprint density at radius 3 is 3.20 bits per heavy atom. The zero-order valence-corrected chi connectivity index (χ0v) is 9.89. The highest BCUT2D eigenvalue weighted by Crippen LogP contribution is 2.27. The standard InChI is InChI=1S/C11H18N2OS/c1-8-7-15-11-2-3-13(6-10(8)11)5-9(14)4-12/h7,9,14H,2-6,12H2,1H3. The van der Waals surface area contributed by atoms with Gasteiger partial charge in [0.2, 0.25) is 0 Å². The fourth-order valence-corrected chi connectivity index (χ4v) is 3.07. The number of rotatable bonds is 3. The number of aryl methyl sites for hydroxylation is 1. The Hall–Kier alpha value is -0.420. The van der Waals surface area contributed by atoms with Crippen molar-refractivity contribution >= 4 is 11.3 Å². The van der Waals surface area contributed by atoms with Gasteiger partial charge in [0, 0.05) is 31.1 Å². The average Bonchev–Trinajstić information content (AvgIpc) is 2.60. The normalized spacial score (nSPS) is 18.9. The predicted molar refractivity (Wildman–Crippen MR) is 63.1 cm³/mol. The van der Waals surface area contributed by atoms with Gasteiger partial charge in [0.15, 0.2) is 0 Å². The van der Waals surface area contributed by atoms with Crippen LogP contribution in [0.3, 0.4) is 0 Å². The van der Waals surface area contributed by atoms with Crippen LogP contribution < -0.4 is 5.73 Å². The summed E-state index contributed by atoms with van der Waals surface area (Å²) in [5.41, 5.74) is 8.28. The Bertz CT molecular complexity index is 337. The third-order valence-corrected chi connectivity index (χ3v) is 4.17. The Morgan fingerprint density at radius 2 is 2.47 bits per heavy atom. The fraction of sp³-hybridized carbons (Fsp3) is 0.636. The Morgan fingerprint density at radius 1 is 1.67 bits per heavy atom. The first-order valence-corrected chi connectivity index (χ1v) is 6.25. The van der Waals surface area contributed by atoms with E-state index in [4.69, 9.17) is 5.73 Å². The van der Waals surface area contributed by atoms with Crippen molar-refractivity contribution in [2.75, 3.05) is 19.6 Å². The molecule has 1 unspecified atom stereocenters. The van der Waals surface area contributed by atoms with Gasteiger partial charge in [-0.05, 0) is 29.9 Å². The van der Waals surface area contributed by atoms with Crippen LogP contribution >= 0.6 is 11.3 Å². The summed E-state index contributed by atoms with van der Waals surface area (Å²) >= 11 is 1.86. The molecule has 0 aromatic carbocycles. The van der Waals surface area contributed by atoms with Crippen molar-refractivity contribution in [1.82, 2.24) is 4.90 Å². The summed E-state index contributed by atoms with van der Waals surface area (Å²) in [5, 5.41) is 11.7. The highest BCUT2D eigenvalue weighted by molar-refractivity contribution is 7.10. The lowest BCUT2D eigenvalue weighted by Crippen LogP contribution is -2.39. The SMILES string of the molecule is Cc1csc2c1CN(CC(O)CN)CC2. The van der Waals surface area contributed by atoms with Crippen molar-refractivity contribution in [2.24, 2.45) is 5.73 Å². The molecule has 1 aromatic heterocycles. The van der Waals surface area contributed by atoms with E-state index in [0.717, 1.165) is 19.5 Å². The van der Waals surface area contributed by atoms with Crippen LogP contribution in [0.25, 0.3) is 0 Å². The maximum Gasteiger partial charge on any atom is 0.0789 e. The molecule has 0 saturated carbocycles. The highest BCUT2D eigenvalue weighted by Gasteiger charge is 2.20. The number of nitrogens with zero attached hydrogens (tertiary/aromatic N) is 1. The molecule has 4 heteroatoms. The summed E-state index contributed by atoms with van der Waals surface area (Å²) < 4.78 is 0. The molecule has 1 aliphatic rings. The summed E-state index contributed by atoms with van der Waals surface area (Å²) in [6, 6.07) is 0. The van der Waals surface area contributed by atoms with Crippen LogP contribution in [0, 0.1) is 6.92 Å². The molecule has 2 heterocycles. The van der Waals surface area contributed by atoms with Crippen molar-refractivity contribution in [3.8, 4) is 0 Å². The number of hydrogen-bond donors (Lipinski definition) is 2. The van der Waals surface area contributed by atoms with Crippen LogP contribution in [0.5, 0.6) is 0 Å². The van der Waals surface area contributed by atoms with Crippen LogP contribution in [0.15, 0.2) is 5.38 Å². The summed E-state index contributed by atoms with van der Waals surface area (Å²) in [4.78, 5) is 3.81. The second kappa shape index (κ2) is 4.61. The molecule has 15 heavy (non-hydrogen) atoms. The van der Waals surface area contributed by atoms with E-state index in [9.17, 15) is 5.11 Å². The van der Waals surface area contributed by atoms with Crippen molar-refractivity contribution in [3.05, 3.63) is 21.4 Å². The largest absolute Gasteiger partial charge is 0.390 e. The molecule has 0 radical (unpaired) electrons. The third kappa shape index (κ3) is 2.39. The minimum absolute atomic E-state index is 0.353. The van der Waals surface area contributed by atoms with Gasteiger partial charge in [0.05, 0.1) is 6.10 Å². The lowest BCUT2D eigenvalue weighted by Gasteiger charge is -2.28. The highest BCUT2D eigenvalue weighted by atomic mass is 32.1. The molecule has 0 aliphatic carbocycles. The van der Waals surface area contributed by atoms with Gasteiger partial charge in [-0.15, -0.1) is 11.3 Å². The first-order valence-electron chi connectivity index (χ1n) is 5.37. The molecular weight excluding hydrogens is 208 g/mol. The molecule has 84 valence electrons. The Kier molecular flexibility index (Phi) is 3.41. The summed E-state index contributed by atoms with van der Waals surface area (Å²) in [7, 11) is 0. The number of hydrogen-bond acceptors (Lipinski definition) is 4. The molecule has 1 atom stereocenters. The lowest BCUT2D eigenvalue weighted by molar-refractivity contribution is 0.112. The van der Waals surface area contributed by atoms with Crippen LogP contribution in [0.2, 0.25) is 0 Å². The number of aliphatic hydroxyl groups excluding tert-OH is 1. The second-order valence-corrected chi connectivity index (χ2v) is 5.16. The topological polar surface area (TPSA) is 49.5 Å². The van der Waals surface area contributed by atoms with Crippen LogP contribution in [0.1, 0.15) is 16.0 Å². The van der Waals surface area contributed by atoms with Crippen molar-refractivity contribution in [3.63, 3.8) is 0 Å². The van der Waals surface area contributed by atoms with Gasteiger partial charge in [-0.25, -0.2) is 0 Å². The molecule has 1 aromatic rings. The molecular formula is C11H18N2OS. The average molecular weight is 226 g/mol. The summed E-state index contributed by atoms with van der Waals surface area (Å²) in [5.74, 6) is 0. The van der Waals surface area contributed by atoms with Gasteiger partial charge in [-0.3, -0.25) is 4.90 Å². The van der Waals surface area contributed by atoms with Crippen LogP contribution in [-0.2, 0) is 13.0 Å². The minimum Gasteiger partial charge on any atom is -0.390 e. The summed E-state index contributed by atoms with van der Waals surface area (Å²) in [6.07, 6.45) is 0.732.